The second-order valence-corrected chi connectivity index (χ2v) is 5.46. The van der Waals surface area contributed by atoms with Crippen LogP contribution in [0, 0.1) is 0 Å². The minimum atomic E-state index is 0.0272. The average Bonchev–Trinajstić information content (AvgIpc) is 2.70. The maximum atomic E-state index is 12.1. The molecule has 2 aromatic rings. The van der Waals surface area contributed by atoms with Gasteiger partial charge in [-0.3, -0.25) is 4.79 Å². The molecule has 1 aliphatic rings. The molecule has 0 bridgehead atoms. The molecule has 4 heteroatoms. The molecule has 3 nitrogen and oxygen atoms in total. The van der Waals surface area contributed by atoms with Crippen LogP contribution in [0.15, 0.2) is 29.6 Å². The molecule has 1 aromatic heterocycles. The fourth-order valence-electron chi connectivity index (χ4n) is 2.20. The van der Waals surface area contributed by atoms with E-state index in [0.717, 1.165) is 28.5 Å². The Balaban J connectivity index is 1.81. The lowest BCUT2D eigenvalue weighted by Crippen LogP contribution is -2.50. The number of nitrogens with two attached hydrogens (primary N) is 1. The van der Waals surface area contributed by atoms with Gasteiger partial charge in [0.25, 0.3) is 5.91 Å². The monoisotopic (exact) mass is 246 g/mol. The summed E-state index contributed by atoms with van der Waals surface area (Å²) < 4.78 is 1.16. The maximum Gasteiger partial charge on any atom is 0.252 e. The molecule has 0 aliphatic heterocycles. The van der Waals surface area contributed by atoms with E-state index in [-0.39, 0.29) is 18.0 Å². The van der Waals surface area contributed by atoms with Crippen LogP contribution in [0.3, 0.4) is 0 Å². The molecule has 88 valence electrons. The number of hydrogen-bond acceptors (Lipinski definition) is 3. The fourth-order valence-corrected chi connectivity index (χ4v) is 3.14. The molecular formula is C13H14N2OS. The number of carbonyl (C=O) groups excluding carboxylic acids is 1. The van der Waals surface area contributed by atoms with Crippen LogP contribution in [0.1, 0.15) is 23.2 Å². The zero-order chi connectivity index (χ0) is 11.8. The van der Waals surface area contributed by atoms with Crippen LogP contribution in [-0.4, -0.2) is 18.0 Å². The molecule has 1 heterocycles. The van der Waals surface area contributed by atoms with Crippen LogP contribution in [0.4, 0.5) is 0 Å². The Hall–Kier alpha value is -1.39. The Bertz CT molecular complexity index is 557. The van der Waals surface area contributed by atoms with E-state index in [1.807, 2.05) is 29.6 Å². The molecule has 0 unspecified atom stereocenters. The summed E-state index contributed by atoms with van der Waals surface area (Å²) >= 11 is 1.61. The molecule has 1 saturated carbocycles. The van der Waals surface area contributed by atoms with Gasteiger partial charge in [0.05, 0.1) is 5.56 Å². The fraction of sp³-hybridized carbons (Fsp3) is 0.308. The van der Waals surface area contributed by atoms with Gasteiger partial charge in [-0.1, -0.05) is 18.2 Å². The highest BCUT2D eigenvalue weighted by atomic mass is 32.1. The largest absolute Gasteiger partial charge is 0.349 e. The van der Waals surface area contributed by atoms with E-state index in [0.29, 0.717) is 0 Å². The topological polar surface area (TPSA) is 55.1 Å². The van der Waals surface area contributed by atoms with Gasteiger partial charge in [0, 0.05) is 27.5 Å². The summed E-state index contributed by atoms with van der Waals surface area (Å²) in [5, 5.41) is 6.00. The van der Waals surface area contributed by atoms with Crippen molar-refractivity contribution in [3.05, 3.63) is 35.2 Å². The van der Waals surface area contributed by atoms with Crippen molar-refractivity contribution in [2.24, 2.45) is 5.73 Å². The van der Waals surface area contributed by atoms with Gasteiger partial charge in [0.1, 0.15) is 0 Å². The maximum absolute atomic E-state index is 12.1. The van der Waals surface area contributed by atoms with Crippen LogP contribution in [0.5, 0.6) is 0 Å². The van der Waals surface area contributed by atoms with Gasteiger partial charge in [-0.15, -0.1) is 11.3 Å². The molecule has 1 amide bonds. The summed E-state index contributed by atoms with van der Waals surface area (Å²) in [5.74, 6) is 0.0272. The van der Waals surface area contributed by atoms with Crippen LogP contribution >= 0.6 is 11.3 Å². The summed E-state index contributed by atoms with van der Waals surface area (Å²) in [6.45, 7) is 0. The molecule has 0 atom stereocenters. The van der Waals surface area contributed by atoms with Crippen LogP contribution in [-0.2, 0) is 0 Å². The minimum Gasteiger partial charge on any atom is -0.349 e. The van der Waals surface area contributed by atoms with Gasteiger partial charge in [-0.05, 0) is 18.9 Å². The molecule has 0 spiro atoms. The van der Waals surface area contributed by atoms with E-state index in [9.17, 15) is 4.79 Å². The molecule has 0 radical (unpaired) electrons. The number of carbonyl (C=O) groups is 1. The van der Waals surface area contributed by atoms with Crippen LogP contribution in [0.2, 0.25) is 0 Å². The Morgan fingerprint density at radius 2 is 2.12 bits per heavy atom. The smallest absolute Gasteiger partial charge is 0.252 e. The standard InChI is InChI=1S/C13H14N2OS/c14-8-5-9(6-8)15-13(16)11-7-17-12-4-2-1-3-10(11)12/h1-4,7-9H,5-6,14H2,(H,15,16). The summed E-state index contributed by atoms with van der Waals surface area (Å²) in [4.78, 5) is 12.1. The zero-order valence-electron chi connectivity index (χ0n) is 9.35. The predicted octanol–water partition coefficient (Wildman–Crippen LogP) is 2.12. The summed E-state index contributed by atoms with van der Waals surface area (Å²) in [5.41, 5.74) is 6.49. The Labute approximate surface area is 104 Å². The van der Waals surface area contributed by atoms with E-state index in [1.54, 1.807) is 11.3 Å². The molecule has 3 N–H and O–H groups in total. The molecule has 1 fully saturated rings. The molecule has 1 aromatic carbocycles. The molecule has 1 aliphatic carbocycles. The van der Waals surface area contributed by atoms with Gasteiger partial charge in [0.2, 0.25) is 0 Å². The lowest BCUT2D eigenvalue weighted by molar-refractivity contribution is 0.0912. The molecule has 0 saturated heterocycles. The Morgan fingerprint density at radius 1 is 1.35 bits per heavy atom. The lowest BCUT2D eigenvalue weighted by atomic mass is 9.87. The number of benzene rings is 1. The zero-order valence-corrected chi connectivity index (χ0v) is 10.2. The minimum absolute atomic E-state index is 0.0272. The van der Waals surface area contributed by atoms with Crippen molar-refractivity contribution in [2.45, 2.75) is 24.9 Å². The average molecular weight is 246 g/mol. The van der Waals surface area contributed by atoms with E-state index in [1.165, 1.54) is 0 Å². The molecular weight excluding hydrogens is 232 g/mol. The van der Waals surface area contributed by atoms with Gasteiger partial charge >= 0.3 is 0 Å². The third-order valence-electron chi connectivity index (χ3n) is 3.24. The first-order chi connectivity index (χ1) is 8.24. The summed E-state index contributed by atoms with van der Waals surface area (Å²) in [7, 11) is 0. The highest BCUT2D eigenvalue weighted by Crippen LogP contribution is 2.26. The summed E-state index contributed by atoms with van der Waals surface area (Å²) in [6.07, 6.45) is 1.79. The van der Waals surface area contributed by atoms with Crippen molar-refractivity contribution in [2.75, 3.05) is 0 Å². The van der Waals surface area contributed by atoms with Crippen molar-refractivity contribution < 1.29 is 4.79 Å². The number of rotatable bonds is 2. The van der Waals surface area contributed by atoms with Crippen molar-refractivity contribution in [1.82, 2.24) is 5.32 Å². The van der Waals surface area contributed by atoms with Gasteiger partial charge in [-0.2, -0.15) is 0 Å². The highest BCUT2D eigenvalue weighted by molar-refractivity contribution is 7.17. The van der Waals surface area contributed by atoms with Crippen molar-refractivity contribution in [1.29, 1.82) is 0 Å². The SMILES string of the molecule is NC1CC(NC(=O)c2csc3ccccc23)C1. The first kappa shape index (κ1) is 10.7. The van der Waals surface area contributed by atoms with Gasteiger partial charge in [-0.25, -0.2) is 0 Å². The first-order valence-corrected chi connectivity index (χ1v) is 6.64. The Morgan fingerprint density at radius 3 is 2.88 bits per heavy atom. The number of fused-ring (bicyclic) bond motifs is 1. The molecule has 3 rings (SSSR count). The quantitative estimate of drug-likeness (QED) is 0.852. The number of nitrogens with one attached hydrogen (secondary N) is 1. The van der Waals surface area contributed by atoms with Crippen molar-refractivity contribution in [3.8, 4) is 0 Å². The number of thiophene rings is 1. The number of amides is 1. The third kappa shape index (κ3) is 1.94. The van der Waals surface area contributed by atoms with Crippen LogP contribution < -0.4 is 11.1 Å². The van der Waals surface area contributed by atoms with E-state index in [4.69, 9.17) is 5.73 Å². The van der Waals surface area contributed by atoms with E-state index < -0.39 is 0 Å². The second kappa shape index (κ2) is 4.13. The predicted molar refractivity (Wildman–Crippen MR) is 70.3 cm³/mol. The normalized spacial score (nSPS) is 23.4. The third-order valence-corrected chi connectivity index (χ3v) is 4.20. The van der Waals surface area contributed by atoms with Gasteiger partial charge in [0.15, 0.2) is 0 Å². The van der Waals surface area contributed by atoms with Crippen molar-refractivity contribution in [3.63, 3.8) is 0 Å². The van der Waals surface area contributed by atoms with E-state index in [2.05, 4.69) is 5.32 Å². The second-order valence-electron chi connectivity index (χ2n) is 4.55. The first-order valence-electron chi connectivity index (χ1n) is 5.76. The van der Waals surface area contributed by atoms with E-state index >= 15 is 0 Å². The van der Waals surface area contributed by atoms with Gasteiger partial charge < -0.3 is 11.1 Å². The number of hydrogen-bond donors (Lipinski definition) is 2. The van der Waals surface area contributed by atoms with Crippen LogP contribution in [0.25, 0.3) is 10.1 Å². The van der Waals surface area contributed by atoms with Crippen molar-refractivity contribution >= 4 is 27.3 Å². The molecule has 17 heavy (non-hydrogen) atoms. The lowest BCUT2D eigenvalue weighted by Gasteiger charge is -2.32. The summed E-state index contributed by atoms with van der Waals surface area (Å²) in [6, 6.07) is 8.51. The Kier molecular flexibility index (Phi) is 2.61. The highest BCUT2D eigenvalue weighted by Gasteiger charge is 2.27.